The van der Waals surface area contributed by atoms with Crippen molar-refractivity contribution in [3.8, 4) is 5.88 Å². The Bertz CT molecular complexity index is 503. The number of aromatic nitrogens is 1. The molecule has 0 atom stereocenters. The first-order valence-electron chi connectivity index (χ1n) is 4.68. The number of pyridine rings is 1. The molecule has 0 aromatic carbocycles. The van der Waals surface area contributed by atoms with E-state index in [-0.39, 0.29) is 12.5 Å². The summed E-state index contributed by atoms with van der Waals surface area (Å²) in [6.45, 7) is 0.228. The Morgan fingerprint density at radius 3 is 2.88 bits per heavy atom. The molecule has 3 N–H and O–H groups in total. The van der Waals surface area contributed by atoms with Crippen LogP contribution in [0.25, 0.3) is 0 Å². The first-order valence-corrected chi connectivity index (χ1v) is 5.44. The molecule has 2 rings (SSSR count). The molecule has 0 unspecified atom stereocenters. The predicted octanol–water partition coefficient (Wildman–Crippen LogP) is 2.85. The first kappa shape index (κ1) is 12.0. The van der Waals surface area contributed by atoms with E-state index in [1.54, 1.807) is 18.4 Å². The van der Waals surface area contributed by atoms with Gasteiger partial charge >= 0.3 is 0 Å². The van der Waals surface area contributed by atoms with Gasteiger partial charge in [0.05, 0.1) is 11.3 Å². The van der Waals surface area contributed by atoms with Gasteiger partial charge in [0.15, 0.2) is 5.82 Å². The normalized spacial score (nSPS) is 10.3. The SMILES string of the molecule is NNc1nc(OCc2ccco2)c(Cl)cc1Cl. The number of hydrogen-bond donors (Lipinski definition) is 2. The molecule has 0 aliphatic carbocycles. The van der Waals surface area contributed by atoms with Gasteiger partial charge in [0, 0.05) is 0 Å². The van der Waals surface area contributed by atoms with Crippen molar-refractivity contribution in [2.45, 2.75) is 6.61 Å². The van der Waals surface area contributed by atoms with Crippen LogP contribution in [0.15, 0.2) is 28.9 Å². The Hall–Kier alpha value is -1.43. The summed E-state index contributed by atoms with van der Waals surface area (Å²) in [7, 11) is 0. The highest BCUT2D eigenvalue weighted by Crippen LogP contribution is 2.30. The molecule has 5 nitrogen and oxygen atoms in total. The Labute approximate surface area is 107 Å². The molecule has 0 saturated heterocycles. The van der Waals surface area contributed by atoms with E-state index in [0.717, 1.165) is 0 Å². The van der Waals surface area contributed by atoms with Crippen LogP contribution in [0.4, 0.5) is 5.82 Å². The molecule has 7 heteroatoms. The second-order valence-electron chi connectivity index (χ2n) is 3.12. The molecule has 0 saturated carbocycles. The quantitative estimate of drug-likeness (QED) is 0.662. The predicted molar refractivity (Wildman–Crippen MR) is 65.1 cm³/mol. The lowest BCUT2D eigenvalue weighted by Crippen LogP contribution is -2.10. The molecule has 17 heavy (non-hydrogen) atoms. The fraction of sp³-hybridized carbons (Fsp3) is 0.100. The summed E-state index contributed by atoms with van der Waals surface area (Å²) in [6, 6.07) is 5.05. The minimum absolute atomic E-state index is 0.228. The maximum Gasteiger partial charge on any atom is 0.235 e. The molecule has 0 fully saturated rings. The van der Waals surface area contributed by atoms with E-state index in [1.165, 1.54) is 6.07 Å². The van der Waals surface area contributed by atoms with E-state index in [2.05, 4.69) is 10.4 Å². The zero-order chi connectivity index (χ0) is 12.3. The van der Waals surface area contributed by atoms with Crippen molar-refractivity contribution in [1.29, 1.82) is 0 Å². The van der Waals surface area contributed by atoms with Gasteiger partial charge in [-0.1, -0.05) is 23.2 Å². The number of hydrazine groups is 1. The molecule has 0 spiro atoms. The maximum atomic E-state index is 5.93. The van der Waals surface area contributed by atoms with E-state index >= 15 is 0 Å². The summed E-state index contributed by atoms with van der Waals surface area (Å²) in [5.41, 5.74) is 2.35. The number of hydrogen-bond acceptors (Lipinski definition) is 5. The molecule has 0 aliphatic heterocycles. The molecule has 0 amide bonds. The van der Waals surface area contributed by atoms with Gasteiger partial charge in [0.25, 0.3) is 0 Å². The van der Waals surface area contributed by atoms with Crippen molar-refractivity contribution < 1.29 is 9.15 Å². The highest BCUT2D eigenvalue weighted by atomic mass is 35.5. The Morgan fingerprint density at radius 2 is 2.24 bits per heavy atom. The van der Waals surface area contributed by atoms with Crippen LogP contribution in [-0.4, -0.2) is 4.98 Å². The molecule has 0 aliphatic rings. The zero-order valence-corrected chi connectivity index (χ0v) is 10.1. The number of nitrogens with two attached hydrogens (primary N) is 1. The maximum absolute atomic E-state index is 5.93. The fourth-order valence-corrected chi connectivity index (χ4v) is 1.65. The van der Waals surface area contributed by atoms with Crippen molar-refractivity contribution in [3.63, 3.8) is 0 Å². The van der Waals surface area contributed by atoms with Crippen LogP contribution in [0.2, 0.25) is 10.0 Å². The van der Waals surface area contributed by atoms with Crippen molar-refractivity contribution in [3.05, 3.63) is 40.3 Å². The van der Waals surface area contributed by atoms with E-state index in [0.29, 0.717) is 21.6 Å². The third-order valence-corrected chi connectivity index (χ3v) is 2.52. The summed E-state index contributed by atoms with van der Waals surface area (Å²) in [6.07, 6.45) is 1.56. The van der Waals surface area contributed by atoms with Gasteiger partial charge in [-0.05, 0) is 18.2 Å². The lowest BCUT2D eigenvalue weighted by atomic mass is 10.4. The first-order chi connectivity index (χ1) is 8.20. The number of rotatable bonds is 4. The van der Waals surface area contributed by atoms with Gasteiger partial charge in [0.1, 0.15) is 17.4 Å². The summed E-state index contributed by atoms with van der Waals surface area (Å²) >= 11 is 11.8. The van der Waals surface area contributed by atoms with Crippen LogP contribution in [0.3, 0.4) is 0 Å². The third kappa shape index (κ3) is 2.82. The van der Waals surface area contributed by atoms with Crippen LogP contribution in [-0.2, 0) is 6.61 Å². The minimum Gasteiger partial charge on any atom is -0.468 e. The number of ether oxygens (including phenoxy) is 1. The molecular formula is C10H9Cl2N3O2. The molecule has 2 heterocycles. The van der Waals surface area contributed by atoms with Gasteiger partial charge in [-0.25, -0.2) is 5.84 Å². The van der Waals surface area contributed by atoms with Crippen molar-refractivity contribution in [2.75, 3.05) is 5.43 Å². The van der Waals surface area contributed by atoms with Gasteiger partial charge in [-0.15, -0.1) is 0 Å². The molecule has 90 valence electrons. The Kier molecular flexibility index (Phi) is 3.73. The van der Waals surface area contributed by atoms with Crippen LogP contribution in [0.1, 0.15) is 5.76 Å². The average Bonchev–Trinajstić information content (AvgIpc) is 2.81. The Balaban J connectivity index is 2.15. The second-order valence-corrected chi connectivity index (χ2v) is 3.93. The lowest BCUT2D eigenvalue weighted by Gasteiger charge is -2.08. The molecule has 2 aromatic rings. The largest absolute Gasteiger partial charge is 0.468 e. The number of nitrogen functional groups attached to an aromatic ring is 1. The third-order valence-electron chi connectivity index (χ3n) is 1.97. The monoisotopic (exact) mass is 273 g/mol. The Morgan fingerprint density at radius 1 is 1.41 bits per heavy atom. The van der Waals surface area contributed by atoms with E-state index in [4.69, 9.17) is 38.2 Å². The highest BCUT2D eigenvalue weighted by molar-refractivity contribution is 6.36. The molecule has 0 radical (unpaired) electrons. The molecule has 0 bridgehead atoms. The number of furan rings is 1. The summed E-state index contributed by atoms with van der Waals surface area (Å²) < 4.78 is 10.5. The number of halogens is 2. The summed E-state index contributed by atoms with van der Waals surface area (Å²) in [5.74, 6) is 6.45. The fourth-order valence-electron chi connectivity index (χ4n) is 1.19. The number of anilines is 1. The standard InChI is InChI=1S/C10H9Cl2N3O2/c11-7-4-8(12)10(14-9(7)15-13)17-5-6-2-1-3-16-6/h1-4H,5,13H2,(H,14,15). The molecular weight excluding hydrogens is 265 g/mol. The summed E-state index contributed by atoms with van der Waals surface area (Å²) in [5, 5.41) is 0.628. The highest BCUT2D eigenvalue weighted by Gasteiger charge is 2.10. The van der Waals surface area contributed by atoms with Gasteiger partial charge in [0.2, 0.25) is 5.88 Å². The van der Waals surface area contributed by atoms with Crippen LogP contribution in [0, 0.1) is 0 Å². The van der Waals surface area contributed by atoms with Crippen molar-refractivity contribution in [1.82, 2.24) is 4.98 Å². The number of nitrogens with one attached hydrogen (secondary N) is 1. The van der Waals surface area contributed by atoms with Crippen LogP contribution in [0.5, 0.6) is 5.88 Å². The van der Waals surface area contributed by atoms with Gasteiger partial charge < -0.3 is 14.6 Å². The van der Waals surface area contributed by atoms with Crippen molar-refractivity contribution >= 4 is 29.0 Å². The van der Waals surface area contributed by atoms with E-state index in [9.17, 15) is 0 Å². The van der Waals surface area contributed by atoms with Gasteiger partial charge in [-0.3, -0.25) is 0 Å². The number of nitrogens with zero attached hydrogens (tertiary/aromatic N) is 1. The van der Waals surface area contributed by atoms with Gasteiger partial charge in [-0.2, -0.15) is 4.98 Å². The average molecular weight is 274 g/mol. The zero-order valence-electron chi connectivity index (χ0n) is 8.61. The summed E-state index contributed by atoms with van der Waals surface area (Å²) in [4.78, 5) is 4.03. The topological polar surface area (TPSA) is 73.3 Å². The van der Waals surface area contributed by atoms with E-state index < -0.39 is 0 Å². The molecule has 2 aromatic heterocycles. The van der Waals surface area contributed by atoms with Crippen LogP contribution < -0.4 is 16.0 Å². The van der Waals surface area contributed by atoms with Crippen molar-refractivity contribution in [2.24, 2.45) is 5.84 Å². The second kappa shape index (κ2) is 5.27. The lowest BCUT2D eigenvalue weighted by molar-refractivity contribution is 0.261. The smallest absolute Gasteiger partial charge is 0.235 e. The van der Waals surface area contributed by atoms with Crippen LogP contribution >= 0.6 is 23.2 Å². The van der Waals surface area contributed by atoms with E-state index in [1.807, 2.05) is 0 Å². The minimum atomic E-state index is 0.228.